The lowest BCUT2D eigenvalue weighted by atomic mass is 10.4. The summed E-state index contributed by atoms with van der Waals surface area (Å²) in [6.07, 6.45) is 5.37. The third kappa shape index (κ3) is 1.87. The van der Waals surface area contributed by atoms with E-state index in [-0.39, 0.29) is 0 Å². The third-order valence-corrected chi connectivity index (χ3v) is 1.61. The molecular weight excluding hydrogens is 176 g/mol. The molecule has 0 aliphatic rings. The predicted molar refractivity (Wildman–Crippen MR) is 56.0 cm³/mol. The van der Waals surface area contributed by atoms with Gasteiger partial charge < -0.3 is 4.40 Å². The third-order valence-electron chi connectivity index (χ3n) is 1.61. The van der Waals surface area contributed by atoms with Gasteiger partial charge in [0.05, 0.1) is 18.0 Å². The highest BCUT2D eigenvalue weighted by Gasteiger charge is 2.01. The second kappa shape index (κ2) is 4.94. The van der Waals surface area contributed by atoms with Crippen LogP contribution in [0.5, 0.6) is 0 Å². The maximum absolute atomic E-state index is 3.99. The van der Waals surface area contributed by atoms with E-state index < -0.39 is 0 Å². The first kappa shape index (κ1) is 10.2. The maximum atomic E-state index is 3.99. The predicted octanol–water partition coefficient (Wildman–Crippen LogP) is 2.35. The Balaban J connectivity index is 0.000000461. The molecule has 0 amide bonds. The zero-order valence-corrected chi connectivity index (χ0v) is 8.38. The SMILES string of the molecule is C=[N+]=Nc1cccn2cncc12.CC. The average Bonchev–Trinajstić information content (AvgIpc) is 2.70. The van der Waals surface area contributed by atoms with Crippen molar-refractivity contribution in [3.05, 3.63) is 30.9 Å². The molecule has 2 aromatic rings. The van der Waals surface area contributed by atoms with Crippen LogP contribution in [0.25, 0.3) is 5.52 Å². The van der Waals surface area contributed by atoms with E-state index in [1.54, 1.807) is 12.5 Å². The molecule has 0 aromatic carbocycles. The molecular formula is C10H13N4+. The van der Waals surface area contributed by atoms with Crippen LogP contribution in [0.3, 0.4) is 0 Å². The first-order valence-electron chi connectivity index (χ1n) is 4.49. The standard InChI is InChI=1S/C8H7N4.C2H6/c1-9-11-7-3-2-4-12-6-10-5-8(7)12;1-2/h2-6H,1H2;1-2H3/q+1;. The van der Waals surface area contributed by atoms with E-state index in [1.165, 1.54) is 0 Å². The summed E-state index contributed by atoms with van der Waals surface area (Å²) < 4.78 is 1.88. The second-order valence-corrected chi connectivity index (χ2v) is 2.32. The lowest BCUT2D eigenvalue weighted by Gasteiger charge is -1.90. The highest BCUT2D eigenvalue weighted by Crippen LogP contribution is 2.17. The average molecular weight is 189 g/mol. The van der Waals surface area contributed by atoms with Crippen LogP contribution in [-0.4, -0.2) is 20.9 Å². The topological polar surface area (TPSA) is 43.8 Å². The molecule has 0 atom stereocenters. The number of rotatable bonds is 1. The molecule has 0 spiro atoms. The van der Waals surface area contributed by atoms with Crippen molar-refractivity contribution in [1.82, 2.24) is 9.38 Å². The summed E-state index contributed by atoms with van der Waals surface area (Å²) in [6.45, 7) is 7.30. The molecule has 0 unspecified atom stereocenters. The number of fused-ring (bicyclic) bond motifs is 1. The van der Waals surface area contributed by atoms with E-state index in [2.05, 4.69) is 21.6 Å². The van der Waals surface area contributed by atoms with Crippen LogP contribution in [0, 0.1) is 0 Å². The Kier molecular flexibility index (Phi) is 3.58. The minimum Gasteiger partial charge on any atom is -0.304 e. The van der Waals surface area contributed by atoms with Crippen molar-refractivity contribution in [3.8, 4) is 0 Å². The minimum absolute atomic E-state index is 0.782. The van der Waals surface area contributed by atoms with Crippen LogP contribution in [0.1, 0.15) is 13.8 Å². The van der Waals surface area contributed by atoms with Gasteiger partial charge in [0.15, 0.2) is 5.69 Å². The van der Waals surface area contributed by atoms with Crippen LogP contribution >= 0.6 is 0 Å². The van der Waals surface area contributed by atoms with E-state index in [1.807, 2.05) is 36.6 Å². The lowest BCUT2D eigenvalue weighted by Crippen LogP contribution is -1.79. The van der Waals surface area contributed by atoms with Gasteiger partial charge in [0.25, 0.3) is 6.72 Å². The zero-order valence-electron chi connectivity index (χ0n) is 8.38. The van der Waals surface area contributed by atoms with Crippen LogP contribution in [-0.2, 0) is 0 Å². The Morgan fingerprint density at radius 3 is 3.00 bits per heavy atom. The number of hydrogen-bond donors (Lipinski definition) is 0. The normalized spacial score (nSPS) is 8.71. The summed E-state index contributed by atoms with van der Waals surface area (Å²) in [6, 6.07) is 3.75. The molecule has 0 bridgehead atoms. The molecule has 14 heavy (non-hydrogen) atoms. The van der Waals surface area contributed by atoms with E-state index in [4.69, 9.17) is 0 Å². The van der Waals surface area contributed by atoms with Gasteiger partial charge >= 0.3 is 0 Å². The molecule has 0 saturated carbocycles. The number of pyridine rings is 1. The molecule has 0 N–H and O–H groups in total. The molecule has 0 saturated heterocycles. The van der Waals surface area contributed by atoms with E-state index in [0.717, 1.165) is 11.2 Å². The first-order valence-corrected chi connectivity index (χ1v) is 4.49. The summed E-state index contributed by atoms with van der Waals surface area (Å²) >= 11 is 0. The summed E-state index contributed by atoms with van der Waals surface area (Å²) in [5, 5.41) is 3.86. The molecule has 2 aromatic heterocycles. The molecule has 72 valence electrons. The summed E-state index contributed by atoms with van der Waals surface area (Å²) in [5.74, 6) is 0. The van der Waals surface area contributed by atoms with Crippen molar-refractivity contribution in [1.29, 1.82) is 0 Å². The van der Waals surface area contributed by atoms with E-state index >= 15 is 0 Å². The quantitative estimate of drug-likeness (QED) is 0.386. The molecule has 0 aliphatic carbocycles. The number of aromatic nitrogens is 2. The molecule has 4 nitrogen and oxygen atoms in total. The molecule has 0 fully saturated rings. The van der Waals surface area contributed by atoms with Gasteiger partial charge in [-0.3, -0.25) is 0 Å². The largest absolute Gasteiger partial charge is 0.304 e. The van der Waals surface area contributed by atoms with Crippen molar-refractivity contribution in [3.63, 3.8) is 0 Å². The van der Waals surface area contributed by atoms with E-state index in [9.17, 15) is 0 Å². The maximum Gasteiger partial charge on any atom is 0.296 e. The van der Waals surface area contributed by atoms with Crippen LogP contribution in [0.15, 0.2) is 36.0 Å². The van der Waals surface area contributed by atoms with Gasteiger partial charge in [-0.1, -0.05) is 13.8 Å². The van der Waals surface area contributed by atoms with Crippen molar-refractivity contribution < 1.29 is 4.79 Å². The minimum atomic E-state index is 0.782. The smallest absolute Gasteiger partial charge is 0.296 e. The number of hydrogen-bond acceptors (Lipinski definition) is 2. The van der Waals surface area contributed by atoms with Gasteiger partial charge in [0.2, 0.25) is 0 Å². The summed E-state index contributed by atoms with van der Waals surface area (Å²) in [7, 11) is 0. The molecule has 4 heteroatoms. The lowest BCUT2D eigenvalue weighted by molar-refractivity contribution is -0.0628. The van der Waals surface area contributed by atoms with Gasteiger partial charge in [0, 0.05) is 11.0 Å². The molecule has 0 radical (unpaired) electrons. The Hall–Kier alpha value is -1.93. The van der Waals surface area contributed by atoms with Gasteiger partial charge in [-0.15, -0.1) is 0 Å². The highest BCUT2D eigenvalue weighted by atomic mass is 15.1. The van der Waals surface area contributed by atoms with Crippen LogP contribution in [0.2, 0.25) is 0 Å². The van der Waals surface area contributed by atoms with Crippen molar-refractivity contribution in [2.24, 2.45) is 5.11 Å². The first-order chi connectivity index (χ1) is 6.92. The monoisotopic (exact) mass is 189 g/mol. The Bertz CT molecular complexity index is 452. The highest BCUT2D eigenvalue weighted by molar-refractivity contribution is 5.66. The molecule has 2 heterocycles. The van der Waals surface area contributed by atoms with Crippen molar-refractivity contribution in [2.75, 3.05) is 0 Å². The second-order valence-electron chi connectivity index (χ2n) is 2.32. The van der Waals surface area contributed by atoms with E-state index in [0.29, 0.717) is 0 Å². The fourth-order valence-electron chi connectivity index (χ4n) is 1.09. The van der Waals surface area contributed by atoms with Gasteiger partial charge in [-0.2, -0.15) is 0 Å². The van der Waals surface area contributed by atoms with Gasteiger partial charge in [0.1, 0.15) is 5.11 Å². The van der Waals surface area contributed by atoms with Gasteiger partial charge in [-0.25, -0.2) is 4.98 Å². The zero-order chi connectivity index (χ0) is 10.4. The molecule has 0 aliphatic heterocycles. The summed E-state index contributed by atoms with van der Waals surface area (Å²) in [4.78, 5) is 7.45. The van der Waals surface area contributed by atoms with Crippen LogP contribution in [0.4, 0.5) is 5.69 Å². The summed E-state index contributed by atoms with van der Waals surface area (Å²) in [5.41, 5.74) is 1.72. The fourth-order valence-corrected chi connectivity index (χ4v) is 1.09. The number of nitrogens with zero attached hydrogens (tertiary/aromatic N) is 4. The fraction of sp³-hybridized carbons (Fsp3) is 0.200. The number of imidazole rings is 1. The van der Waals surface area contributed by atoms with Crippen molar-refractivity contribution in [2.45, 2.75) is 13.8 Å². The Morgan fingerprint density at radius 2 is 2.29 bits per heavy atom. The van der Waals surface area contributed by atoms with Crippen LogP contribution < -0.4 is 0 Å². The van der Waals surface area contributed by atoms with Crippen molar-refractivity contribution >= 4 is 17.9 Å². The Labute approximate surface area is 82.7 Å². The molecule has 2 rings (SSSR count). The van der Waals surface area contributed by atoms with Gasteiger partial charge in [-0.05, 0) is 12.1 Å². The Morgan fingerprint density at radius 1 is 1.50 bits per heavy atom.